The summed E-state index contributed by atoms with van der Waals surface area (Å²) in [4.78, 5) is 24.6. The Hall–Kier alpha value is -1.43. The zero-order valence-electron chi connectivity index (χ0n) is 11.1. The summed E-state index contributed by atoms with van der Waals surface area (Å²) in [6, 6.07) is -0.600. The Morgan fingerprint density at radius 1 is 1.71 bits per heavy atom. The number of thioether (sulfide) groups is 1. The molecular formula is C10H14N6O3S2. The second kappa shape index (κ2) is 5.40. The van der Waals surface area contributed by atoms with Crippen LogP contribution in [0.25, 0.3) is 0 Å². The van der Waals surface area contributed by atoms with E-state index in [0.29, 0.717) is 17.1 Å². The molecule has 0 aliphatic carbocycles. The van der Waals surface area contributed by atoms with Crippen molar-refractivity contribution in [2.45, 2.75) is 11.4 Å². The van der Waals surface area contributed by atoms with Crippen LogP contribution in [0.1, 0.15) is 0 Å². The number of rotatable bonds is 4. The van der Waals surface area contributed by atoms with Gasteiger partial charge in [0.05, 0.1) is 0 Å². The van der Waals surface area contributed by atoms with Crippen LogP contribution in [0.3, 0.4) is 0 Å². The third-order valence-electron chi connectivity index (χ3n) is 3.23. The lowest BCUT2D eigenvalue weighted by Gasteiger charge is -2.48. The highest BCUT2D eigenvalue weighted by molar-refractivity contribution is 8.00. The van der Waals surface area contributed by atoms with Crippen LogP contribution < -0.4 is 11.3 Å². The Morgan fingerprint density at radius 3 is 3.10 bits per heavy atom. The van der Waals surface area contributed by atoms with Crippen LogP contribution in [0.5, 0.6) is 0 Å². The van der Waals surface area contributed by atoms with Crippen LogP contribution in [0.4, 0.5) is 0 Å². The van der Waals surface area contributed by atoms with E-state index >= 15 is 0 Å². The molecule has 0 spiro atoms. The molecule has 0 saturated carbocycles. The summed E-state index contributed by atoms with van der Waals surface area (Å²) in [7, 11) is 1.80. The van der Waals surface area contributed by atoms with Gasteiger partial charge in [-0.1, -0.05) is 0 Å². The predicted molar refractivity (Wildman–Crippen MR) is 79.4 cm³/mol. The lowest BCUT2D eigenvalue weighted by Crippen LogP contribution is -2.68. The average Bonchev–Trinajstić information content (AvgIpc) is 2.88. The largest absolute Gasteiger partial charge is 0.477 e. The Bertz CT molecular complexity index is 553. The Balaban J connectivity index is 1.74. The Morgan fingerprint density at radius 2 is 2.48 bits per heavy atom. The number of carbonyl (C=O) groups is 2. The number of aliphatic carboxylic acids is 1. The molecule has 1 amide bonds. The highest BCUT2D eigenvalue weighted by Gasteiger charge is 2.51. The van der Waals surface area contributed by atoms with Crippen molar-refractivity contribution in [2.24, 2.45) is 10.8 Å². The third-order valence-corrected chi connectivity index (χ3v) is 5.48. The number of carboxylic acids is 1. The molecule has 4 N–H and O–H groups in total. The molecule has 114 valence electrons. The summed E-state index contributed by atoms with van der Waals surface area (Å²) in [5, 5.41) is 14.9. The summed E-state index contributed by atoms with van der Waals surface area (Å²) in [5.41, 5.74) is 9.37. The minimum absolute atomic E-state index is 0.0643. The molecule has 2 atom stereocenters. The smallest absolute Gasteiger partial charge is 0.352 e. The highest BCUT2D eigenvalue weighted by atomic mass is 32.2. The van der Waals surface area contributed by atoms with Crippen molar-refractivity contribution in [3.8, 4) is 0 Å². The molecule has 1 unspecified atom stereocenters. The zero-order chi connectivity index (χ0) is 15.1. The lowest BCUT2D eigenvalue weighted by molar-refractivity contribution is -0.147. The van der Waals surface area contributed by atoms with Gasteiger partial charge in [0.1, 0.15) is 23.5 Å². The zero-order valence-corrected chi connectivity index (χ0v) is 12.7. The van der Waals surface area contributed by atoms with Gasteiger partial charge in [0, 0.05) is 18.6 Å². The minimum atomic E-state index is -1.09. The number of nitrogens with zero attached hydrogens (tertiary/aromatic N) is 4. The number of hydrazone groups is 1. The predicted octanol–water partition coefficient (Wildman–Crippen LogP) is -1.17. The molecule has 9 nitrogen and oxygen atoms in total. The van der Waals surface area contributed by atoms with Crippen LogP contribution in [0.2, 0.25) is 0 Å². The summed E-state index contributed by atoms with van der Waals surface area (Å²) in [6.45, 7) is 0. The first-order valence-corrected chi connectivity index (χ1v) is 8.10. The van der Waals surface area contributed by atoms with Crippen molar-refractivity contribution in [3.63, 3.8) is 0 Å². The van der Waals surface area contributed by atoms with Crippen molar-refractivity contribution >= 4 is 41.9 Å². The number of hydrogen-bond acceptors (Lipinski definition) is 9. The van der Waals surface area contributed by atoms with Gasteiger partial charge in [-0.15, -0.1) is 26.9 Å². The summed E-state index contributed by atoms with van der Waals surface area (Å²) >= 11 is 2.82. The molecule has 0 aromatic rings. The number of amides is 1. The average molecular weight is 330 g/mol. The molecule has 0 aromatic carbocycles. The van der Waals surface area contributed by atoms with E-state index in [9.17, 15) is 14.7 Å². The van der Waals surface area contributed by atoms with E-state index in [2.05, 4.69) is 10.6 Å². The van der Waals surface area contributed by atoms with E-state index < -0.39 is 12.0 Å². The number of hydrogen-bond donors (Lipinski definition) is 3. The highest BCUT2D eigenvalue weighted by Crippen LogP contribution is 2.40. The van der Waals surface area contributed by atoms with Gasteiger partial charge < -0.3 is 10.8 Å². The molecule has 21 heavy (non-hydrogen) atoms. The number of β-lactam (4-membered cyclic amide) rings is 1. The standard InChI is InChI=1S/C10H14N6O3S2/c1-14-4-12-16(13-14)21-3-5-2-20-9-6(11)8(17)15(9)7(5)10(18)19/h4,6,9,13H,2-3,11H2,1H3,(H,18,19)/t6?,9-/m0/s1. The topological polar surface area (TPSA) is 114 Å². The van der Waals surface area contributed by atoms with Crippen molar-refractivity contribution in [1.82, 2.24) is 20.0 Å². The lowest BCUT2D eigenvalue weighted by atomic mass is 10.0. The molecule has 0 aromatic heterocycles. The van der Waals surface area contributed by atoms with E-state index in [1.165, 1.54) is 33.1 Å². The van der Waals surface area contributed by atoms with Crippen molar-refractivity contribution < 1.29 is 14.7 Å². The van der Waals surface area contributed by atoms with Gasteiger partial charge in [0.15, 0.2) is 0 Å². The van der Waals surface area contributed by atoms with Gasteiger partial charge >= 0.3 is 5.97 Å². The Labute approximate surface area is 129 Å². The number of fused-ring (bicyclic) bond motifs is 1. The van der Waals surface area contributed by atoms with Crippen LogP contribution in [-0.4, -0.2) is 67.7 Å². The summed E-state index contributed by atoms with van der Waals surface area (Å²) in [6.07, 6.45) is 1.60. The van der Waals surface area contributed by atoms with Crippen LogP contribution >= 0.6 is 23.7 Å². The maximum Gasteiger partial charge on any atom is 0.352 e. The maximum absolute atomic E-state index is 11.8. The van der Waals surface area contributed by atoms with Gasteiger partial charge in [-0.2, -0.15) is 0 Å². The molecule has 3 aliphatic heterocycles. The second-order valence-electron chi connectivity index (χ2n) is 4.68. The van der Waals surface area contributed by atoms with Crippen LogP contribution in [-0.2, 0) is 9.59 Å². The normalized spacial score (nSPS) is 28.1. The quantitative estimate of drug-likeness (QED) is 0.433. The first kappa shape index (κ1) is 14.5. The molecule has 1 saturated heterocycles. The second-order valence-corrected chi connectivity index (χ2v) is 6.68. The number of carboxylic acid groups (broad SMARTS) is 1. The van der Waals surface area contributed by atoms with Crippen molar-refractivity contribution in [3.05, 3.63) is 11.3 Å². The summed E-state index contributed by atoms with van der Waals surface area (Å²) in [5.74, 6) is -0.446. The van der Waals surface area contributed by atoms with E-state index in [-0.39, 0.29) is 17.0 Å². The van der Waals surface area contributed by atoms with E-state index in [0.717, 1.165) is 0 Å². The number of nitrogens with two attached hydrogens (primary N) is 1. The van der Waals surface area contributed by atoms with Gasteiger partial charge in [-0.3, -0.25) is 14.7 Å². The van der Waals surface area contributed by atoms with E-state index in [1.54, 1.807) is 18.4 Å². The SMILES string of the molecule is CN1C=NN(SCC2=C(C(=O)O)N3C(=O)C(N)[C@@H]3SC2)N1. The summed E-state index contributed by atoms with van der Waals surface area (Å²) < 4.78 is 1.53. The minimum Gasteiger partial charge on any atom is -0.477 e. The fourth-order valence-electron chi connectivity index (χ4n) is 2.20. The van der Waals surface area contributed by atoms with Gasteiger partial charge in [0.2, 0.25) is 5.91 Å². The van der Waals surface area contributed by atoms with E-state index in [4.69, 9.17) is 5.73 Å². The molecule has 1 fully saturated rings. The molecule has 0 radical (unpaired) electrons. The van der Waals surface area contributed by atoms with Crippen molar-refractivity contribution in [2.75, 3.05) is 18.6 Å². The van der Waals surface area contributed by atoms with Gasteiger partial charge in [-0.05, 0) is 17.5 Å². The van der Waals surface area contributed by atoms with Gasteiger partial charge in [-0.25, -0.2) is 4.79 Å². The molecule has 3 rings (SSSR count). The Kier molecular flexibility index (Phi) is 3.73. The number of nitrogens with one attached hydrogen (secondary N) is 1. The molecule has 3 heterocycles. The fraction of sp³-hybridized carbons (Fsp3) is 0.500. The molecule has 3 aliphatic rings. The van der Waals surface area contributed by atoms with Crippen molar-refractivity contribution in [1.29, 1.82) is 0 Å². The molecule has 0 bridgehead atoms. The number of hydrazine groups is 2. The fourth-order valence-corrected chi connectivity index (χ4v) is 4.44. The monoisotopic (exact) mass is 330 g/mol. The third kappa shape index (κ3) is 2.46. The van der Waals surface area contributed by atoms with Crippen LogP contribution in [0, 0.1) is 0 Å². The number of carbonyl (C=O) groups excluding carboxylic acids is 1. The molecule has 11 heteroatoms. The van der Waals surface area contributed by atoms with Crippen LogP contribution in [0.15, 0.2) is 16.4 Å². The maximum atomic E-state index is 11.8. The van der Waals surface area contributed by atoms with Gasteiger partial charge in [0.25, 0.3) is 0 Å². The first-order valence-electron chi connectivity index (χ1n) is 6.11. The van der Waals surface area contributed by atoms with E-state index in [1.807, 2.05) is 0 Å². The molecular weight excluding hydrogens is 316 g/mol. The first-order chi connectivity index (χ1) is 9.99.